The molecule has 2 aromatic carbocycles. The van der Waals surface area contributed by atoms with Crippen LogP contribution in [0, 0.1) is 0 Å². The van der Waals surface area contributed by atoms with E-state index in [2.05, 4.69) is 23.2 Å². The minimum atomic E-state index is -0.991. The van der Waals surface area contributed by atoms with Crippen LogP contribution in [-0.4, -0.2) is 28.8 Å². The Morgan fingerprint density at radius 3 is 2.54 bits per heavy atom. The van der Waals surface area contributed by atoms with Crippen molar-refractivity contribution in [2.75, 3.05) is 0 Å². The summed E-state index contributed by atoms with van der Waals surface area (Å²) in [4.78, 5) is 4.37. The molecule has 2 heterocycles. The first-order valence-corrected chi connectivity index (χ1v) is 8.69. The number of aromatic nitrogens is 1. The Labute approximate surface area is 153 Å². The van der Waals surface area contributed by atoms with Gasteiger partial charge >= 0.3 is 7.48 Å². The molecule has 0 saturated carbocycles. The van der Waals surface area contributed by atoms with Gasteiger partial charge in [0.15, 0.2) is 0 Å². The van der Waals surface area contributed by atoms with Crippen molar-refractivity contribution in [3.8, 4) is 0 Å². The highest BCUT2D eigenvalue weighted by atomic mass is 16.5. The predicted octanol–water partition coefficient (Wildman–Crippen LogP) is 3.94. The van der Waals surface area contributed by atoms with Crippen molar-refractivity contribution < 1.29 is 14.2 Å². The summed E-state index contributed by atoms with van der Waals surface area (Å²) in [6.07, 6.45) is 3.54. The molecule has 0 bridgehead atoms. The third kappa shape index (κ3) is 2.68. The molecule has 4 aromatic rings. The molecule has 2 aromatic heterocycles. The third-order valence-corrected chi connectivity index (χ3v) is 5.25. The Morgan fingerprint density at radius 2 is 1.77 bits per heavy atom. The van der Waals surface area contributed by atoms with Crippen molar-refractivity contribution in [2.24, 2.45) is 0 Å². The van der Waals surface area contributed by atoms with Gasteiger partial charge in [-0.05, 0) is 44.5 Å². The van der Waals surface area contributed by atoms with Gasteiger partial charge in [-0.3, -0.25) is 4.98 Å². The van der Waals surface area contributed by atoms with Crippen LogP contribution >= 0.6 is 0 Å². The van der Waals surface area contributed by atoms with Gasteiger partial charge in [-0.1, -0.05) is 30.3 Å². The molecule has 4 rings (SSSR count). The number of hydrogen-bond acceptors (Lipinski definition) is 4. The average Bonchev–Trinajstić information content (AvgIpc) is 2.98. The highest BCUT2D eigenvalue weighted by Gasteiger charge is 2.36. The van der Waals surface area contributed by atoms with Crippen LogP contribution < -0.4 is 5.46 Å². The Balaban J connectivity index is 1.84. The van der Waals surface area contributed by atoms with Gasteiger partial charge in [-0.25, -0.2) is 0 Å². The second-order valence-electron chi connectivity index (χ2n) is 7.67. The molecule has 0 spiro atoms. The van der Waals surface area contributed by atoms with E-state index < -0.39 is 11.2 Å². The second-order valence-corrected chi connectivity index (χ2v) is 7.67. The maximum Gasteiger partial charge on any atom is 0.336 e. The lowest BCUT2D eigenvalue weighted by Crippen LogP contribution is -2.49. The van der Waals surface area contributed by atoms with Crippen LogP contribution in [0.5, 0.6) is 0 Å². The summed E-state index contributed by atoms with van der Waals surface area (Å²) >= 11 is 0. The van der Waals surface area contributed by atoms with Crippen molar-refractivity contribution in [1.82, 2.24) is 4.98 Å². The predicted molar refractivity (Wildman–Crippen MR) is 106 cm³/mol. The maximum absolute atomic E-state index is 10.3. The number of benzene rings is 2. The number of furan rings is 1. The van der Waals surface area contributed by atoms with E-state index in [4.69, 9.17) is 9.07 Å². The lowest BCUT2D eigenvalue weighted by atomic mass is 9.83. The van der Waals surface area contributed by atoms with Gasteiger partial charge in [-0.15, -0.1) is 0 Å². The van der Waals surface area contributed by atoms with Gasteiger partial charge < -0.3 is 14.2 Å². The van der Waals surface area contributed by atoms with Crippen molar-refractivity contribution in [2.45, 2.75) is 38.9 Å². The van der Waals surface area contributed by atoms with E-state index in [0.29, 0.717) is 0 Å². The number of fused-ring (bicyclic) bond motifs is 5. The summed E-state index contributed by atoms with van der Waals surface area (Å²) in [6.45, 7) is 7.16. The smallest absolute Gasteiger partial charge is 0.336 e. The third-order valence-electron chi connectivity index (χ3n) is 5.25. The van der Waals surface area contributed by atoms with Gasteiger partial charge in [0, 0.05) is 28.6 Å². The molecule has 0 aliphatic heterocycles. The summed E-state index contributed by atoms with van der Waals surface area (Å²) in [5.41, 5.74) is 0.559. The molecule has 0 aliphatic carbocycles. The molecule has 0 saturated heterocycles. The fourth-order valence-electron chi connectivity index (χ4n) is 2.92. The van der Waals surface area contributed by atoms with Crippen molar-refractivity contribution in [3.05, 3.63) is 48.8 Å². The Kier molecular flexibility index (Phi) is 3.83. The van der Waals surface area contributed by atoms with E-state index in [0.717, 1.165) is 38.2 Å². The first-order valence-electron chi connectivity index (χ1n) is 8.69. The highest BCUT2D eigenvalue weighted by molar-refractivity contribution is 6.51. The maximum atomic E-state index is 10.3. The largest absolute Gasteiger partial charge is 0.456 e. The van der Waals surface area contributed by atoms with Crippen molar-refractivity contribution in [3.63, 3.8) is 0 Å². The summed E-state index contributed by atoms with van der Waals surface area (Å²) < 4.78 is 12.0. The van der Waals surface area contributed by atoms with E-state index in [1.165, 1.54) is 0 Å². The van der Waals surface area contributed by atoms with E-state index in [9.17, 15) is 5.11 Å². The molecule has 0 unspecified atom stereocenters. The van der Waals surface area contributed by atoms with Crippen molar-refractivity contribution >= 4 is 45.7 Å². The molecule has 1 N–H and O–H groups in total. The first kappa shape index (κ1) is 17.1. The fourth-order valence-corrected chi connectivity index (χ4v) is 2.92. The topological polar surface area (TPSA) is 55.5 Å². The van der Waals surface area contributed by atoms with Crippen molar-refractivity contribution in [1.29, 1.82) is 0 Å². The number of hydrogen-bond donors (Lipinski definition) is 1. The molecule has 0 amide bonds. The van der Waals surface area contributed by atoms with Crippen LogP contribution in [0.1, 0.15) is 27.7 Å². The normalized spacial score (nSPS) is 13.0. The summed E-state index contributed by atoms with van der Waals surface area (Å²) in [7, 11) is 1.62. The lowest BCUT2D eigenvalue weighted by molar-refractivity contribution is -0.0893. The SMILES string of the molecule is CC(C)(O)C(C)(C)O[B]c1cncc2c1oc1ccc3ccccc3c12. The lowest BCUT2D eigenvalue weighted by Gasteiger charge is -2.37. The zero-order valence-electron chi connectivity index (χ0n) is 15.4. The zero-order valence-corrected chi connectivity index (χ0v) is 15.4. The molecular formula is C21H21BNO3. The van der Waals surface area contributed by atoms with Gasteiger partial charge in [0.25, 0.3) is 0 Å². The fraction of sp³-hybridized carbons (Fsp3) is 0.286. The molecule has 0 fully saturated rings. The zero-order chi connectivity index (χ0) is 18.5. The monoisotopic (exact) mass is 346 g/mol. The molecule has 0 atom stereocenters. The quantitative estimate of drug-likeness (QED) is 0.569. The Morgan fingerprint density at radius 1 is 1.00 bits per heavy atom. The summed E-state index contributed by atoms with van der Waals surface area (Å²) in [5, 5.41) is 14.6. The van der Waals surface area contributed by atoms with E-state index in [1.807, 2.05) is 38.2 Å². The highest BCUT2D eigenvalue weighted by Crippen LogP contribution is 2.33. The van der Waals surface area contributed by atoms with Crippen LogP contribution in [0.4, 0.5) is 0 Å². The van der Waals surface area contributed by atoms with Gasteiger partial charge in [0.1, 0.15) is 11.2 Å². The molecule has 5 heteroatoms. The second kappa shape index (κ2) is 5.83. The Bertz CT molecular complexity index is 1110. The molecule has 131 valence electrons. The molecule has 26 heavy (non-hydrogen) atoms. The standard InChI is InChI=1S/C21H21BNO3/c1-20(2,24)21(3,4)26-22-16-12-23-11-15-18-14-8-6-5-7-13(14)9-10-17(18)25-19(15)16/h5-12,24H,1-4H3. The Hall–Kier alpha value is -2.37. The van der Waals surface area contributed by atoms with E-state index >= 15 is 0 Å². The van der Waals surface area contributed by atoms with E-state index in [1.54, 1.807) is 27.5 Å². The number of pyridine rings is 1. The van der Waals surface area contributed by atoms with E-state index in [-0.39, 0.29) is 0 Å². The van der Waals surface area contributed by atoms with Crippen LogP contribution in [0.25, 0.3) is 32.7 Å². The van der Waals surface area contributed by atoms with Crippen LogP contribution in [-0.2, 0) is 4.65 Å². The first-order chi connectivity index (χ1) is 12.3. The molecule has 1 radical (unpaired) electrons. The van der Waals surface area contributed by atoms with Crippen LogP contribution in [0.15, 0.2) is 53.2 Å². The van der Waals surface area contributed by atoms with Gasteiger partial charge in [0.05, 0.1) is 11.2 Å². The van der Waals surface area contributed by atoms with Gasteiger partial charge in [0.2, 0.25) is 0 Å². The minimum Gasteiger partial charge on any atom is -0.456 e. The number of aliphatic hydroxyl groups is 1. The number of nitrogens with zero attached hydrogens (tertiary/aromatic N) is 1. The van der Waals surface area contributed by atoms with Crippen LogP contribution in [0.2, 0.25) is 0 Å². The number of rotatable bonds is 4. The summed E-state index contributed by atoms with van der Waals surface area (Å²) in [5.74, 6) is 0. The minimum absolute atomic E-state index is 0.734. The molecule has 0 aliphatic rings. The summed E-state index contributed by atoms with van der Waals surface area (Å²) in [6, 6.07) is 12.3. The van der Waals surface area contributed by atoms with Crippen LogP contribution in [0.3, 0.4) is 0 Å². The molecular weight excluding hydrogens is 325 g/mol. The average molecular weight is 346 g/mol. The molecule has 4 nitrogen and oxygen atoms in total. The van der Waals surface area contributed by atoms with Gasteiger partial charge in [-0.2, -0.15) is 0 Å².